The fraction of sp³-hybridized carbons (Fsp3) is 0.833. The normalized spacial score (nSPS) is 35.2. The molecule has 0 aromatic heterocycles. The van der Waals surface area contributed by atoms with E-state index < -0.39 is 29.5 Å². The summed E-state index contributed by atoms with van der Waals surface area (Å²) in [5, 5.41) is 9.80. The Hall–Kier alpha value is -1.63. The third-order valence-electron chi connectivity index (χ3n) is 6.40. The summed E-state index contributed by atoms with van der Waals surface area (Å²) in [7, 11) is 0. The Balaban J connectivity index is 1.95. The van der Waals surface area contributed by atoms with Crippen LogP contribution in [-0.4, -0.2) is 45.4 Å². The number of carbonyl (C=O) groups is 3. The van der Waals surface area contributed by atoms with Crippen molar-refractivity contribution in [3.05, 3.63) is 0 Å². The summed E-state index contributed by atoms with van der Waals surface area (Å²) >= 11 is 0. The summed E-state index contributed by atoms with van der Waals surface area (Å²) in [6.07, 6.45) is 6.15. The minimum atomic E-state index is -1.08. The van der Waals surface area contributed by atoms with Crippen LogP contribution in [0.4, 0.5) is 0 Å². The largest absolute Gasteiger partial charge is 0.480 e. The molecule has 0 heterocycles. The Morgan fingerprint density at radius 3 is 1.96 bits per heavy atom. The van der Waals surface area contributed by atoms with Gasteiger partial charge in [0.2, 0.25) is 11.8 Å². The molecule has 7 nitrogen and oxygen atoms in total. The molecule has 0 radical (unpaired) electrons. The highest BCUT2D eigenvalue weighted by atomic mass is 16.4. The van der Waals surface area contributed by atoms with Crippen LogP contribution in [0.3, 0.4) is 0 Å². The van der Waals surface area contributed by atoms with Gasteiger partial charge in [-0.1, -0.05) is 0 Å². The topological polar surface area (TPSA) is 127 Å². The number of hydrogen-bond acceptors (Lipinski definition) is 4. The molecule has 1 unspecified atom stereocenters. The summed E-state index contributed by atoms with van der Waals surface area (Å²) in [5.74, 6) is -0.240. The first-order valence-corrected chi connectivity index (χ1v) is 9.31. The standard InChI is InChI=1S/C18H29N3O4/c1-10(19)16(23)21(14(17(24)25)2-3-15(20)22)18-7-11-4-12(8-18)6-13(5-11)9-18/h10-14H,2-9,19H2,1H3,(H2,20,22)(H,24,25)/t10?,11?,12?,13?,14-,18?/m1/s1. The fourth-order valence-corrected chi connectivity index (χ4v) is 5.94. The van der Waals surface area contributed by atoms with E-state index in [1.165, 1.54) is 19.3 Å². The van der Waals surface area contributed by atoms with Crippen LogP contribution in [0.1, 0.15) is 58.3 Å². The fourth-order valence-electron chi connectivity index (χ4n) is 5.94. The van der Waals surface area contributed by atoms with Crippen LogP contribution in [0.5, 0.6) is 0 Å². The van der Waals surface area contributed by atoms with Gasteiger partial charge in [0.15, 0.2) is 0 Å². The van der Waals surface area contributed by atoms with Crippen LogP contribution in [0, 0.1) is 17.8 Å². The first-order valence-electron chi connectivity index (χ1n) is 9.31. The first-order chi connectivity index (χ1) is 11.7. The average molecular weight is 351 g/mol. The van der Waals surface area contributed by atoms with Gasteiger partial charge in [0.25, 0.3) is 0 Å². The van der Waals surface area contributed by atoms with E-state index in [4.69, 9.17) is 11.5 Å². The van der Waals surface area contributed by atoms with Gasteiger partial charge in [-0.2, -0.15) is 0 Å². The van der Waals surface area contributed by atoms with Gasteiger partial charge in [0.1, 0.15) is 6.04 Å². The van der Waals surface area contributed by atoms with Crippen LogP contribution < -0.4 is 11.5 Å². The number of rotatable bonds is 7. The second-order valence-corrected chi connectivity index (χ2v) is 8.50. The predicted molar refractivity (Wildman–Crippen MR) is 91.3 cm³/mol. The van der Waals surface area contributed by atoms with E-state index in [9.17, 15) is 19.5 Å². The highest BCUT2D eigenvalue weighted by molar-refractivity contribution is 5.88. The van der Waals surface area contributed by atoms with E-state index in [1.807, 2.05) is 0 Å². The molecule has 140 valence electrons. The predicted octanol–water partition coefficient (Wildman–Crippen LogP) is 0.850. The van der Waals surface area contributed by atoms with Crippen molar-refractivity contribution in [1.29, 1.82) is 0 Å². The molecule has 7 heteroatoms. The molecule has 4 rings (SSSR count). The maximum atomic E-state index is 13.0. The van der Waals surface area contributed by atoms with Gasteiger partial charge in [0.05, 0.1) is 6.04 Å². The summed E-state index contributed by atoms with van der Waals surface area (Å²) in [6, 6.07) is -1.80. The third kappa shape index (κ3) is 3.38. The molecule has 4 fully saturated rings. The second-order valence-electron chi connectivity index (χ2n) is 8.50. The maximum absolute atomic E-state index is 13.0. The Kier molecular flexibility index (Phi) is 4.79. The van der Waals surface area contributed by atoms with Gasteiger partial charge in [-0.3, -0.25) is 9.59 Å². The van der Waals surface area contributed by atoms with E-state index in [0.29, 0.717) is 17.8 Å². The summed E-state index contributed by atoms with van der Waals surface area (Å²) < 4.78 is 0. The summed E-state index contributed by atoms with van der Waals surface area (Å²) in [4.78, 5) is 37.7. The molecule has 0 aromatic rings. The van der Waals surface area contributed by atoms with Crippen LogP contribution in [0.25, 0.3) is 0 Å². The number of nitrogens with zero attached hydrogens (tertiary/aromatic N) is 1. The van der Waals surface area contributed by atoms with Gasteiger partial charge in [-0.05, 0) is 69.6 Å². The number of carboxylic acids is 1. The lowest BCUT2D eigenvalue weighted by Gasteiger charge is -2.61. The Labute approximate surface area is 148 Å². The number of primary amides is 1. The monoisotopic (exact) mass is 351 g/mol. The molecule has 2 atom stereocenters. The molecule has 4 bridgehead atoms. The van der Waals surface area contributed by atoms with Crippen LogP contribution >= 0.6 is 0 Å². The van der Waals surface area contributed by atoms with Crippen molar-refractivity contribution in [2.24, 2.45) is 29.2 Å². The molecule has 0 saturated heterocycles. The van der Waals surface area contributed by atoms with Crippen molar-refractivity contribution in [3.63, 3.8) is 0 Å². The number of amides is 2. The minimum absolute atomic E-state index is 0.0465. The van der Waals surface area contributed by atoms with E-state index in [0.717, 1.165) is 19.3 Å². The van der Waals surface area contributed by atoms with Crippen molar-refractivity contribution >= 4 is 17.8 Å². The molecular weight excluding hydrogens is 322 g/mol. The Morgan fingerprint density at radius 2 is 1.60 bits per heavy atom. The SMILES string of the molecule is CC(N)C(=O)N([C@H](CCC(N)=O)C(=O)O)C12CC3CC(CC(C3)C1)C2. The van der Waals surface area contributed by atoms with Crippen molar-refractivity contribution in [2.45, 2.75) is 75.9 Å². The number of carbonyl (C=O) groups excluding carboxylic acids is 2. The van der Waals surface area contributed by atoms with Crippen LogP contribution in [0.2, 0.25) is 0 Å². The molecule has 4 aliphatic rings. The third-order valence-corrected chi connectivity index (χ3v) is 6.40. The van der Waals surface area contributed by atoms with Crippen LogP contribution in [-0.2, 0) is 14.4 Å². The van der Waals surface area contributed by atoms with Gasteiger partial charge in [-0.15, -0.1) is 0 Å². The molecule has 2 amide bonds. The van der Waals surface area contributed by atoms with Crippen molar-refractivity contribution < 1.29 is 19.5 Å². The highest BCUT2D eigenvalue weighted by Gasteiger charge is 2.57. The molecular formula is C18H29N3O4. The summed E-state index contributed by atoms with van der Waals surface area (Å²) in [6.45, 7) is 1.60. The number of nitrogens with two attached hydrogens (primary N) is 2. The molecule has 4 saturated carbocycles. The second kappa shape index (κ2) is 6.59. The number of carboxylic acid groups (broad SMARTS) is 1. The molecule has 0 spiro atoms. The van der Waals surface area contributed by atoms with Crippen molar-refractivity contribution in [1.82, 2.24) is 4.90 Å². The van der Waals surface area contributed by atoms with E-state index >= 15 is 0 Å². The Morgan fingerprint density at radius 1 is 1.12 bits per heavy atom. The smallest absolute Gasteiger partial charge is 0.326 e. The van der Waals surface area contributed by atoms with Crippen molar-refractivity contribution in [3.8, 4) is 0 Å². The van der Waals surface area contributed by atoms with Crippen molar-refractivity contribution in [2.75, 3.05) is 0 Å². The highest BCUT2D eigenvalue weighted by Crippen LogP contribution is 2.58. The lowest BCUT2D eigenvalue weighted by atomic mass is 9.52. The molecule has 0 aromatic carbocycles. The zero-order valence-corrected chi connectivity index (χ0v) is 14.8. The van der Waals surface area contributed by atoms with E-state index in [1.54, 1.807) is 11.8 Å². The van der Waals surface area contributed by atoms with Gasteiger partial charge < -0.3 is 21.5 Å². The molecule has 5 N–H and O–H groups in total. The van der Waals surface area contributed by atoms with Gasteiger partial charge in [-0.25, -0.2) is 4.79 Å². The van der Waals surface area contributed by atoms with E-state index in [2.05, 4.69) is 0 Å². The van der Waals surface area contributed by atoms with Gasteiger partial charge >= 0.3 is 5.97 Å². The zero-order chi connectivity index (χ0) is 18.4. The average Bonchev–Trinajstić information content (AvgIpc) is 2.48. The quantitative estimate of drug-likeness (QED) is 0.627. The zero-order valence-electron chi connectivity index (χ0n) is 14.8. The first kappa shape index (κ1) is 18.2. The van der Waals surface area contributed by atoms with Gasteiger partial charge in [0, 0.05) is 12.0 Å². The lowest BCUT2D eigenvalue weighted by Crippen LogP contribution is -2.67. The minimum Gasteiger partial charge on any atom is -0.480 e. The number of aliphatic carboxylic acids is 1. The summed E-state index contributed by atoms with van der Waals surface area (Å²) in [5.41, 5.74) is 10.7. The number of hydrogen-bond donors (Lipinski definition) is 3. The molecule has 4 aliphatic carbocycles. The molecule has 0 aliphatic heterocycles. The lowest BCUT2D eigenvalue weighted by molar-refractivity contribution is -0.170. The van der Waals surface area contributed by atoms with E-state index in [-0.39, 0.29) is 18.7 Å². The maximum Gasteiger partial charge on any atom is 0.326 e. The Bertz CT molecular complexity index is 539. The molecule has 25 heavy (non-hydrogen) atoms. The van der Waals surface area contributed by atoms with Crippen LogP contribution in [0.15, 0.2) is 0 Å².